The molecule has 0 aliphatic carbocycles. The van der Waals surface area contributed by atoms with Gasteiger partial charge in [0, 0.05) is 12.1 Å². The molecule has 0 saturated heterocycles. The number of methoxy groups -OCH3 is 1. The van der Waals surface area contributed by atoms with Crippen LogP contribution in [0.4, 0.5) is 0 Å². The second-order valence-electron chi connectivity index (χ2n) is 4.79. The molecule has 0 unspecified atom stereocenters. The summed E-state index contributed by atoms with van der Waals surface area (Å²) in [6, 6.07) is 6.07. The molecule has 0 aliphatic rings. The summed E-state index contributed by atoms with van der Waals surface area (Å²) in [4.78, 5) is 4.31. The normalized spacial score (nSPS) is 11.1. The van der Waals surface area contributed by atoms with E-state index in [0.29, 0.717) is 18.4 Å². The van der Waals surface area contributed by atoms with Crippen LogP contribution in [0.3, 0.4) is 0 Å². The van der Waals surface area contributed by atoms with Crippen LogP contribution in [0, 0.1) is 12.8 Å². The molecule has 1 aromatic rings. The first-order chi connectivity index (χ1) is 8.52. The van der Waals surface area contributed by atoms with E-state index in [4.69, 9.17) is 10.5 Å². The van der Waals surface area contributed by atoms with Gasteiger partial charge < -0.3 is 15.8 Å². The summed E-state index contributed by atoms with van der Waals surface area (Å²) in [5, 5.41) is 3.09. The van der Waals surface area contributed by atoms with Crippen molar-refractivity contribution >= 4 is 29.9 Å². The minimum atomic E-state index is 0. The van der Waals surface area contributed by atoms with Crippen molar-refractivity contribution in [3.63, 3.8) is 0 Å². The molecule has 0 aliphatic heterocycles. The van der Waals surface area contributed by atoms with Gasteiger partial charge >= 0.3 is 0 Å². The van der Waals surface area contributed by atoms with Crippen LogP contribution in [0.15, 0.2) is 23.2 Å². The summed E-state index contributed by atoms with van der Waals surface area (Å²) in [7, 11) is 1.67. The highest BCUT2D eigenvalue weighted by molar-refractivity contribution is 14.0. The summed E-state index contributed by atoms with van der Waals surface area (Å²) in [6.45, 7) is 7.65. The molecule has 0 aromatic heterocycles. The molecule has 0 radical (unpaired) electrons. The second-order valence-corrected chi connectivity index (χ2v) is 4.79. The van der Waals surface area contributed by atoms with Crippen molar-refractivity contribution in [3.05, 3.63) is 29.3 Å². The van der Waals surface area contributed by atoms with E-state index in [1.807, 2.05) is 25.1 Å². The smallest absolute Gasteiger partial charge is 0.188 e. The van der Waals surface area contributed by atoms with Gasteiger partial charge in [-0.25, -0.2) is 4.99 Å². The van der Waals surface area contributed by atoms with Gasteiger partial charge in [0.15, 0.2) is 5.96 Å². The molecule has 0 bridgehead atoms. The summed E-state index contributed by atoms with van der Waals surface area (Å²) in [6.07, 6.45) is 0. The number of guanidine groups is 1. The fourth-order valence-electron chi connectivity index (χ4n) is 1.52. The number of ether oxygens (including phenoxy) is 1. The summed E-state index contributed by atoms with van der Waals surface area (Å²) < 4.78 is 5.33. The van der Waals surface area contributed by atoms with Gasteiger partial charge in [-0.15, -0.1) is 24.0 Å². The van der Waals surface area contributed by atoms with E-state index in [2.05, 4.69) is 24.2 Å². The number of aliphatic imine (C=N–C) groups is 1. The van der Waals surface area contributed by atoms with E-state index < -0.39 is 0 Å². The van der Waals surface area contributed by atoms with E-state index in [1.54, 1.807) is 7.11 Å². The van der Waals surface area contributed by atoms with E-state index >= 15 is 0 Å². The predicted molar refractivity (Wildman–Crippen MR) is 91.3 cm³/mol. The van der Waals surface area contributed by atoms with Crippen molar-refractivity contribution in [3.8, 4) is 5.75 Å². The first kappa shape index (κ1) is 18.0. The molecule has 3 N–H and O–H groups in total. The van der Waals surface area contributed by atoms with Gasteiger partial charge in [0.05, 0.1) is 13.7 Å². The molecule has 0 spiro atoms. The molecule has 0 fully saturated rings. The van der Waals surface area contributed by atoms with Crippen molar-refractivity contribution in [2.24, 2.45) is 16.6 Å². The van der Waals surface area contributed by atoms with E-state index in [9.17, 15) is 0 Å². The molecule has 4 nitrogen and oxygen atoms in total. The lowest BCUT2D eigenvalue weighted by atomic mass is 10.1. The topological polar surface area (TPSA) is 59.6 Å². The van der Waals surface area contributed by atoms with Crippen molar-refractivity contribution in [1.82, 2.24) is 5.32 Å². The van der Waals surface area contributed by atoms with Crippen LogP contribution in [-0.2, 0) is 6.54 Å². The largest absolute Gasteiger partial charge is 0.496 e. The molecule has 1 aromatic carbocycles. The maximum Gasteiger partial charge on any atom is 0.188 e. The third-order valence-corrected chi connectivity index (χ3v) is 2.55. The zero-order chi connectivity index (χ0) is 13.5. The molecule has 0 amide bonds. The van der Waals surface area contributed by atoms with Gasteiger partial charge in [-0.2, -0.15) is 0 Å². The van der Waals surface area contributed by atoms with Crippen molar-refractivity contribution in [2.45, 2.75) is 27.3 Å². The van der Waals surface area contributed by atoms with Crippen LogP contribution >= 0.6 is 24.0 Å². The molecule has 0 heterocycles. The Bertz CT molecular complexity index is 419. The summed E-state index contributed by atoms with van der Waals surface area (Å²) in [5.41, 5.74) is 8.00. The minimum absolute atomic E-state index is 0. The van der Waals surface area contributed by atoms with Gasteiger partial charge in [0.1, 0.15) is 5.75 Å². The van der Waals surface area contributed by atoms with E-state index in [-0.39, 0.29) is 24.0 Å². The number of hydrogen-bond acceptors (Lipinski definition) is 2. The SMILES string of the molecule is COc1cc(C)ccc1CN=C(N)NCC(C)C.I. The monoisotopic (exact) mass is 377 g/mol. The predicted octanol–water partition coefficient (Wildman–Crippen LogP) is 2.68. The van der Waals surface area contributed by atoms with Gasteiger partial charge in [-0.05, 0) is 24.5 Å². The Morgan fingerprint density at radius 2 is 2.11 bits per heavy atom. The Morgan fingerprint density at radius 3 is 2.68 bits per heavy atom. The van der Waals surface area contributed by atoms with E-state index in [0.717, 1.165) is 17.9 Å². The van der Waals surface area contributed by atoms with Crippen LogP contribution < -0.4 is 15.8 Å². The number of nitrogens with one attached hydrogen (secondary N) is 1. The molecule has 0 atom stereocenters. The highest BCUT2D eigenvalue weighted by Crippen LogP contribution is 2.20. The molecule has 1 rings (SSSR count). The standard InChI is InChI=1S/C14H23N3O.HI/c1-10(2)8-16-14(15)17-9-12-6-5-11(3)7-13(12)18-4;/h5-7,10H,8-9H2,1-4H3,(H3,15,16,17);1H. The highest BCUT2D eigenvalue weighted by atomic mass is 127. The molecular weight excluding hydrogens is 353 g/mol. The number of halogens is 1. The van der Waals surface area contributed by atoms with Crippen molar-refractivity contribution in [2.75, 3.05) is 13.7 Å². The lowest BCUT2D eigenvalue weighted by Gasteiger charge is -2.10. The zero-order valence-corrected chi connectivity index (χ0v) is 14.4. The molecular formula is C14H24IN3O. The summed E-state index contributed by atoms with van der Waals surface area (Å²) in [5.74, 6) is 1.88. The van der Waals surface area contributed by atoms with Crippen LogP contribution in [0.2, 0.25) is 0 Å². The summed E-state index contributed by atoms with van der Waals surface area (Å²) >= 11 is 0. The maximum absolute atomic E-state index is 5.79. The van der Waals surface area contributed by atoms with Gasteiger partial charge in [0.2, 0.25) is 0 Å². The van der Waals surface area contributed by atoms with Crippen LogP contribution in [-0.4, -0.2) is 19.6 Å². The Balaban J connectivity index is 0.00000324. The zero-order valence-electron chi connectivity index (χ0n) is 12.1. The average molecular weight is 377 g/mol. The number of hydrogen-bond donors (Lipinski definition) is 2. The number of rotatable bonds is 5. The van der Waals surface area contributed by atoms with Crippen LogP contribution in [0.25, 0.3) is 0 Å². The van der Waals surface area contributed by atoms with Gasteiger partial charge in [-0.3, -0.25) is 0 Å². The van der Waals surface area contributed by atoms with Gasteiger partial charge in [-0.1, -0.05) is 26.0 Å². The third kappa shape index (κ3) is 6.66. The average Bonchev–Trinajstić information content (AvgIpc) is 2.34. The molecule has 19 heavy (non-hydrogen) atoms. The Morgan fingerprint density at radius 1 is 1.42 bits per heavy atom. The van der Waals surface area contributed by atoms with Gasteiger partial charge in [0.25, 0.3) is 0 Å². The molecule has 0 saturated carbocycles. The van der Waals surface area contributed by atoms with E-state index in [1.165, 1.54) is 5.56 Å². The second kappa shape index (κ2) is 9.01. The first-order valence-corrected chi connectivity index (χ1v) is 6.20. The van der Waals surface area contributed by atoms with Crippen LogP contribution in [0.5, 0.6) is 5.75 Å². The first-order valence-electron chi connectivity index (χ1n) is 6.20. The molecule has 5 heteroatoms. The van der Waals surface area contributed by atoms with Crippen molar-refractivity contribution < 1.29 is 4.74 Å². The lowest BCUT2D eigenvalue weighted by Crippen LogP contribution is -2.34. The minimum Gasteiger partial charge on any atom is -0.496 e. The Labute approximate surface area is 132 Å². The van der Waals surface area contributed by atoms with Crippen LogP contribution in [0.1, 0.15) is 25.0 Å². The number of nitrogens with two attached hydrogens (primary N) is 1. The Hall–Kier alpha value is -0.980. The number of benzene rings is 1. The number of aryl methyl sites for hydroxylation is 1. The molecule has 108 valence electrons. The maximum atomic E-state index is 5.79. The third-order valence-electron chi connectivity index (χ3n) is 2.55. The lowest BCUT2D eigenvalue weighted by molar-refractivity contribution is 0.409. The quantitative estimate of drug-likeness (QED) is 0.471. The number of nitrogens with zero attached hydrogens (tertiary/aromatic N) is 1. The fraction of sp³-hybridized carbons (Fsp3) is 0.500. The fourth-order valence-corrected chi connectivity index (χ4v) is 1.52. The van der Waals surface area contributed by atoms with Crippen molar-refractivity contribution in [1.29, 1.82) is 0 Å². The Kier molecular flexibility index (Phi) is 8.54. The highest BCUT2D eigenvalue weighted by Gasteiger charge is 2.02.